The SMILES string of the molecule is C=CCCC(C)Nc1cccc([N+](=O)[O-])c1. The third-order valence-electron chi connectivity index (χ3n) is 2.27. The van der Waals surface area contributed by atoms with Gasteiger partial charge in [-0.1, -0.05) is 12.1 Å². The molecule has 0 aliphatic rings. The smallest absolute Gasteiger partial charge is 0.271 e. The highest BCUT2D eigenvalue weighted by molar-refractivity contribution is 5.51. The van der Waals surface area contributed by atoms with E-state index in [-0.39, 0.29) is 16.7 Å². The second-order valence-electron chi connectivity index (χ2n) is 3.72. The van der Waals surface area contributed by atoms with Crippen molar-refractivity contribution in [2.24, 2.45) is 0 Å². The Balaban J connectivity index is 2.62. The maximum Gasteiger partial charge on any atom is 0.271 e. The van der Waals surface area contributed by atoms with Gasteiger partial charge in [0.05, 0.1) is 4.92 Å². The summed E-state index contributed by atoms with van der Waals surface area (Å²) in [7, 11) is 0. The van der Waals surface area contributed by atoms with Crippen LogP contribution in [0.15, 0.2) is 36.9 Å². The number of non-ortho nitro benzene ring substituents is 1. The van der Waals surface area contributed by atoms with Gasteiger partial charge in [0, 0.05) is 23.9 Å². The number of nitro groups is 1. The van der Waals surface area contributed by atoms with Gasteiger partial charge >= 0.3 is 0 Å². The van der Waals surface area contributed by atoms with Gasteiger partial charge in [-0.05, 0) is 25.8 Å². The van der Waals surface area contributed by atoms with Crippen LogP contribution in [-0.2, 0) is 0 Å². The van der Waals surface area contributed by atoms with E-state index in [4.69, 9.17) is 0 Å². The monoisotopic (exact) mass is 220 g/mol. The van der Waals surface area contributed by atoms with Crippen molar-refractivity contribution in [1.82, 2.24) is 0 Å². The first-order chi connectivity index (χ1) is 7.63. The molecule has 0 heterocycles. The van der Waals surface area contributed by atoms with Crippen LogP contribution in [0.2, 0.25) is 0 Å². The number of nitrogens with zero attached hydrogens (tertiary/aromatic N) is 1. The number of hydrogen-bond acceptors (Lipinski definition) is 3. The first-order valence-electron chi connectivity index (χ1n) is 5.25. The zero-order valence-electron chi connectivity index (χ0n) is 9.35. The van der Waals surface area contributed by atoms with Crippen LogP contribution in [0.1, 0.15) is 19.8 Å². The molecule has 0 aromatic heterocycles. The Morgan fingerprint density at radius 3 is 3.00 bits per heavy atom. The highest BCUT2D eigenvalue weighted by Crippen LogP contribution is 2.18. The molecular weight excluding hydrogens is 204 g/mol. The number of hydrogen-bond donors (Lipinski definition) is 1. The van der Waals surface area contributed by atoms with E-state index in [1.165, 1.54) is 6.07 Å². The quantitative estimate of drug-likeness (QED) is 0.454. The Labute approximate surface area is 95.1 Å². The lowest BCUT2D eigenvalue weighted by Crippen LogP contribution is -2.14. The topological polar surface area (TPSA) is 55.2 Å². The van der Waals surface area contributed by atoms with Gasteiger partial charge in [-0.25, -0.2) is 0 Å². The lowest BCUT2D eigenvalue weighted by atomic mass is 10.1. The highest BCUT2D eigenvalue weighted by Gasteiger charge is 2.07. The van der Waals surface area contributed by atoms with Crippen molar-refractivity contribution in [3.63, 3.8) is 0 Å². The third kappa shape index (κ3) is 3.73. The molecule has 1 N–H and O–H groups in total. The van der Waals surface area contributed by atoms with Crippen molar-refractivity contribution in [2.45, 2.75) is 25.8 Å². The molecule has 0 radical (unpaired) electrons. The molecule has 0 saturated carbocycles. The molecule has 4 heteroatoms. The lowest BCUT2D eigenvalue weighted by molar-refractivity contribution is -0.384. The molecule has 0 aliphatic carbocycles. The minimum absolute atomic E-state index is 0.112. The molecular formula is C12H16N2O2. The standard InChI is InChI=1S/C12H16N2O2/c1-3-4-6-10(2)13-11-7-5-8-12(9-11)14(15)16/h3,5,7-10,13H,1,4,6H2,2H3. The molecule has 0 fully saturated rings. The molecule has 1 aromatic rings. The molecule has 0 bridgehead atoms. The normalized spacial score (nSPS) is 11.8. The summed E-state index contributed by atoms with van der Waals surface area (Å²) in [6, 6.07) is 6.82. The molecule has 4 nitrogen and oxygen atoms in total. The summed E-state index contributed by atoms with van der Waals surface area (Å²) in [6.07, 6.45) is 3.76. The lowest BCUT2D eigenvalue weighted by Gasteiger charge is -2.13. The number of nitro benzene ring substituents is 1. The van der Waals surface area contributed by atoms with Crippen LogP contribution < -0.4 is 5.32 Å². The predicted molar refractivity (Wildman–Crippen MR) is 65.6 cm³/mol. The van der Waals surface area contributed by atoms with Crippen LogP contribution in [0.3, 0.4) is 0 Å². The first kappa shape index (κ1) is 12.2. The van der Waals surface area contributed by atoms with Crippen molar-refractivity contribution in [2.75, 3.05) is 5.32 Å². The Hall–Kier alpha value is -1.84. The fraction of sp³-hybridized carbons (Fsp3) is 0.333. The van der Waals surface area contributed by atoms with Crippen LogP contribution in [0, 0.1) is 10.1 Å². The maximum atomic E-state index is 10.6. The van der Waals surface area contributed by atoms with Crippen molar-refractivity contribution < 1.29 is 4.92 Å². The number of anilines is 1. The molecule has 0 aliphatic heterocycles. The van der Waals surface area contributed by atoms with Crippen molar-refractivity contribution in [1.29, 1.82) is 0 Å². The van der Waals surface area contributed by atoms with E-state index in [0.29, 0.717) is 0 Å². The minimum atomic E-state index is -0.389. The summed E-state index contributed by atoms with van der Waals surface area (Å²) in [5.41, 5.74) is 0.895. The Kier molecular flexibility index (Phi) is 4.51. The summed E-state index contributed by atoms with van der Waals surface area (Å²) in [5, 5.41) is 13.8. The van der Waals surface area contributed by atoms with Gasteiger partial charge in [0.1, 0.15) is 0 Å². The van der Waals surface area contributed by atoms with Crippen LogP contribution in [0.4, 0.5) is 11.4 Å². The fourth-order valence-electron chi connectivity index (χ4n) is 1.43. The van der Waals surface area contributed by atoms with Gasteiger partial charge in [0.25, 0.3) is 5.69 Å². The number of allylic oxidation sites excluding steroid dienone is 1. The van der Waals surface area contributed by atoms with Gasteiger partial charge in [-0.2, -0.15) is 0 Å². The molecule has 0 saturated heterocycles. The summed E-state index contributed by atoms with van der Waals surface area (Å²) in [4.78, 5) is 10.2. The van der Waals surface area contributed by atoms with Gasteiger partial charge in [-0.3, -0.25) is 10.1 Å². The average Bonchev–Trinajstić information content (AvgIpc) is 2.26. The van der Waals surface area contributed by atoms with E-state index < -0.39 is 0 Å². The first-order valence-corrected chi connectivity index (χ1v) is 5.25. The van der Waals surface area contributed by atoms with Crippen molar-refractivity contribution in [3.05, 3.63) is 47.0 Å². The Morgan fingerprint density at radius 1 is 1.62 bits per heavy atom. The summed E-state index contributed by atoms with van der Waals surface area (Å²) < 4.78 is 0. The Morgan fingerprint density at radius 2 is 2.38 bits per heavy atom. The number of benzene rings is 1. The maximum absolute atomic E-state index is 10.6. The molecule has 16 heavy (non-hydrogen) atoms. The molecule has 1 atom stereocenters. The van der Waals surface area contributed by atoms with Gasteiger partial charge in [0.15, 0.2) is 0 Å². The Bertz CT molecular complexity index is 377. The zero-order chi connectivity index (χ0) is 12.0. The van der Waals surface area contributed by atoms with E-state index in [1.807, 2.05) is 19.1 Å². The largest absolute Gasteiger partial charge is 0.382 e. The second-order valence-corrected chi connectivity index (χ2v) is 3.72. The van der Waals surface area contributed by atoms with Crippen LogP contribution in [0.5, 0.6) is 0 Å². The van der Waals surface area contributed by atoms with Gasteiger partial charge < -0.3 is 5.32 Å². The highest BCUT2D eigenvalue weighted by atomic mass is 16.6. The molecule has 0 amide bonds. The minimum Gasteiger partial charge on any atom is -0.382 e. The van der Waals surface area contributed by atoms with Gasteiger partial charge in [0.2, 0.25) is 0 Å². The van der Waals surface area contributed by atoms with Crippen molar-refractivity contribution >= 4 is 11.4 Å². The summed E-state index contributed by atoms with van der Waals surface area (Å²) in [5.74, 6) is 0. The summed E-state index contributed by atoms with van der Waals surface area (Å²) >= 11 is 0. The number of nitrogens with one attached hydrogen (secondary N) is 1. The number of rotatable bonds is 6. The molecule has 0 spiro atoms. The second kappa shape index (κ2) is 5.90. The van der Waals surface area contributed by atoms with E-state index >= 15 is 0 Å². The molecule has 86 valence electrons. The van der Waals surface area contributed by atoms with Crippen LogP contribution in [-0.4, -0.2) is 11.0 Å². The predicted octanol–water partition coefficient (Wildman–Crippen LogP) is 3.36. The van der Waals surface area contributed by atoms with E-state index in [9.17, 15) is 10.1 Å². The third-order valence-corrected chi connectivity index (χ3v) is 2.27. The van der Waals surface area contributed by atoms with E-state index in [2.05, 4.69) is 11.9 Å². The average molecular weight is 220 g/mol. The molecule has 1 unspecified atom stereocenters. The van der Waals surface area contributed by atoms with Gasteiger partial charge in [-0.15, -0.1) is 6.58 Å². The van der Waals surface area contributed by atoms with Crippen LogP contribution in [0.25, 0.3) is 0 Å². The zero-order valence-corrected chi connectivity index (χ0v) is 9.35. The van der Waals surface area contributed by atoms with E-state index in [0.717, 1.165) is 18.5 Å². The molecule has 1 aromatic carbocycles. The van der Waals surface area contributed by atoms with Crippen molar-refractivity contribution in [3.8, 4) is 0 Å². The van der Waals surface area contributed by atoms with Crippen LogP contribution >= 0.6 is 0 Å². The molecule has 1 rings (SSSR count). The van der Waals surface area contributed by atoms with E-state index in [1.54, 1.807) is 12.1 Å². The summed E-state index contributed by atoms with van der Waals surface area (Å²) in [6.45, 7) is 5.70. The fourth-order valence-corrected chi connectivity index (χ4v) is 1.43.